The number of hydrogen-bond acceptors (Lipinski definition) is 4. The average molecular weight is 373 g/mol. The van der Waals surface area contributed by atoms with Crippen LogP contribution in [-0.4, -0.2) is 16.6 Å². The number of fused-ring (bicyclic) bond motifs is 1. The Morgan fingerprint density at radius 2 is 1.21 bits per heavy atom. The first kappa shape index (κ1) is 18.5. The fourth-order valence-corrected chi connectivity index (χ4v) is 3.33. The highest BCUT2D eigenvalue weighted by atomic mass is 15.4. The second-order valence-electron chi connectivity index (χ2n) is 8.95. The van der Waals surface area contributed by atoms with E-state index in [1.165, 1.54) is 0 Å². The molecule has 0 bridgehead atoms. The Balaban J connectivity index is 1.85. The highest BCUT2D eigenvalue weighted by molar-refractivity contribution is 5.81. The monoisotopic (exact) mass is 372 g/mol. The maximum Gasteiger partial charge on any atom is 0.178 e. The zero-order chi connectivity index (χ0) is 19.9. The van der Waals surface area contributed by atoms with Gasteiger partial charge in [-0.2, -0.15) is 0 Å². The third-order valence-corrected chi connectivity index (χ3v) is 6.18. The van der Waals surface area contributed by atoms with Gasteiger partial charge in [0.25, 0.3) is 0 Å². The van der Waals surface area contributed by atoms with Crippen LogP contribution >= 0.6 is 0 Å². The first-order chi connectivity index (χ1) is 13.3. The summed E-state index contributed by atoms with van der Waals surface area (Å²) in [7, 11) is 0. The lowest BCUT2D eigenvalue weighted by molar-refractivity contribution is 0.219. The third-order valence-electron chi connectivity index (χ3n) is 6.18. The van der Waals surface area contributed by atoms with Gasteiger partial charge in [-0.3, -0.25) is 0 Å². The molecule has 0 atom stereocenters. The van der Waals surface area contributed by atoms with E-state index >= 15 is 0 Å². The van der Waals surface area contributed by atoms with Crippen molar-refractivity contribution in [3.05, 3.63) is 72.6 Å². The second kappa shape index (κ2) is 6.62. The molecule has 1 aliphatic rings. The molecule has 0 saturated heterocycles. The van der Waals surface area contributed by atoms with Crippen molar-refractivity contribution in [2.75, 3.05) is 16.5 Å². The molecule has 0 saturated carbocycles. The molecular formula is C24H28N4. The van der Waals surface area contributed by atoms with E-state index in [1.807, 2.05) is 18.3 Å². The van der Waals surface area contributed by atoms with Crippen LogP contribution in [0.15, 0.2) is 66.9 Å². The van der Waals surface area contributed by atoms with Gasteiger partial charge in [-0.25, -0.2) is 9.97 Å². The molecule has 0 amide bonds. The Hall–Kier alpha value is -2.88. The minimum Gasteiger partial charge on any atom is -0.305 e. The van der Waals surface area contributed by atoms with Crippen molar-refractivity contribution < 1.29 is 0 Å². The number of rotatable bonds is 3. The lowest BCUT2D eigenvalue weighted by atomic mass is 9.67. The molecule has 3 aromatic rings. The summed E-state index contributed by atoms with van der Waals surface area (Å²) in [5.74, 6) is 1.83. The molecule has 1 aliphatic heterocycles. The van der Waals surface area contributed by atoms with Gasteiger partial charge in [0.2, 0.25) is 0 Å². The fraction of sp³-hybridized carbons (Fsp3) is 0.333. The summed E-state index contributed by atoms with van der Waals surface area (Å²) in [6.45, 7) is 12.0. The van der Waals surface area contributed by atoms with Crippen molar-refractivity contribution >= 4 is 23.0 Å². The van der Waals surface area contributed by atoms with Crippen LogP contribution in [0.2, 0.25) is 0 Å². The molecule has 0 unspecified atom stereocenters. The highest BCUT2D eigenvalue weighted by Crippen LogP contribution is 2.45. The molecule has 4 rings (SSSR count). The van der Waals surface area contributed by atoms with Crippen LogP contribution in [-0.2, 0) is 5.41 Å². The smallest absolute Gasteiger partial charge is 0.178 e. The molecule has 144 valence electrons. The van der Waals surface area contributed by atoms with E-state index in [-0.39, 0.29) is 10.8 Å². The fourth-order valence-electron chi connectivity index (χ4n) is 3.33. The van der Waals surface area contributed by atoms with Gasteiger partial charge in [0, 0.05) is 16.8 Å². The molecule has 2 aromatic carbocycles. The van der Waals surface area contributed by atoms with Crippen molar-refractivity contribution in [2.45, 2.75) is 40.0 Å². The van der Waals surface area contributed by atoms with E-state index in [4.69, 9.17) is 9.97 Å². The maximum absolute atomic E-state index is 5.15. The summed E-state index contributed by atoms with van der Waals surface area (Å²) in [5.41, 5.74) is 3.25. The van der Waals surface area contributed by atoms with Gasteiger partial charge in [-0.05, 0) is 29.7 Å². The molecule has 0 fully saturated rings. The van der Waals surface area contributed by atoms with Crippen LogP contribution in [0.4, 0.5) is 23.0 Å². The normalized spacial score (nSPS) is 14.3. The Bertz CT molecular complexity index is 959. The molecule has 28 heavy (non-hydrogen) atoms. The number of hydrogen-bond donors (Lipinski definition) is 0. The van der Waals surface area contributed by atoms with Gasteiger partial charge in [0.15, 0.2) is 11.6 Å². The van der Waals surface area contributed by atoms with Gasteiger partial charge >= 0.3 is 0 Å². The van der Waals surface area contributed by atoms with E-state index < -0.39 is 0 Å². The number of nitrogens with zero attached hydrogens (tertiary/aromatic N) is 4. The molecular weight excluding hydrogens is 344 g/mol. The Morgan fingerprint density at radius 3 is 1.71 bits per heavy atom. The largest absolute Gasteiger partial charge is 0.305 e. The number of para-hydroxylation sites is 2. The molecule has 4 nitrogen and oxygen atoms in total. The lowest BCUT2D eigenvalue weighted by Gasteiger charge is -2.38. The summed E-state index contributed by atoms with van der Waals surface area (Å²) >= 11 is 0. The first-order valence-electron chi connectivity index (χ1n) is 9.82. The number of benzene rings is 2. The summed E-state index contributed by atoms with van der Waals surface area (Å²) in [4.78, 5) is 14.5. The standard InChI is InChI=1S/C24H28N4/c1-23(2,3)24(4,5)20-16-25-21-22(26-20)28(19-14-10-7-11-15-19)17-27(21)18-12-8-6-9-13-18/h6-16H,17H2,1-5H3. The predicted molar refractivity (Wildman–Crippen MR) is 117 cm³/mol. The van der Waals surface area contributed by atoms with Crippen LogP contribution < -0.4 is 9.80 Å². The van der Waals surface area contributed by atoms with E-state index in [1.54, 1.807) is 0 Å². The zero-order valence-electron chi connectivity index (χ0n) is 17.3. The van der Waals surface area contributed by atoms with Crippen LogP contribution in [0, 0.1) is 5.41 Å². The quantitative estimate of drug-likeness (QED) is 0.560. The van der Waals surface area contributed by atoms with Crippen molar-refractivity contribution in [3.8, 4) is 0 Å². The number of anilines is 4. The van der Waals surface area contributed by atoms with Gasteiger partial charge in [0.1, 0.15) is 6.67 Å². The molecule has 0 radical (unpaired) electrons. The molecule has 0 N–H and O–H groups in total. The van der Waals surface area contributed by atoms with E-state index in [0.29, 0.717) is 6.67 Å². The highest BCUT2D eigenvalue weighted by Gasteiger charge is 2.38. The van der Waals surface area contributed by atoms with Gasteiger partial charge in [-0.1, -0.05) is 71.0 Å². The summed E-state index contributed by atoms with van der Waals surface area (Å²) in [6.07, 6.45) is 1.95. The summed E-state index contributed by atoms with van der Waals surface area (Å²) < 4.78 is 0. The Labute approximate surface area is 167 Å². The van der Waals surface area contributed by atoms with Crippen LogP contribution in [0.25, 0.3) is 0 Å². The van der Waals surface area contributed by atoms with Gasteiger partial charge in [0.05, 0.1) is 11.9 Å². The average Bonchev–Trinajstić information content (AvgIpc) is 3.07. The topological polar surface area (TPSA) is 32.3 Å². The first-order valence-corrected chi connectivity index (χ1v) is 9.82. The van der Waals surface area contributed by atoms with Gasteiger partial charge in [-0.15, -0.1) is 0 Å². The second-order valence-corrected chi connectivity index (χ2v) is 8.95. The molecule has 0 spiro atoms. The lowest BCUT2D eigenvalue weighted by Crippen LogP contribution is -2.35. The SMILES string of the molecule is CC(C)(C)C(C)(C)c1cnc2c(n1)N(c1ccccc1)CN2c1ccccc1. The van der Waals surface area contributed by atoms with Crippen LogP contribution in [0.3, 0.4) is 0 Å². The van der Waals surface area contributed by atoms with Crippen molar-refractivity contribution in [1.29, 1.82) is 0 Å². The van der Waals surface area contributed by atoms with Crippen LogP contribution in [0.5, 0.6) is 0 Å². The Morgan fingerprint density at radius 1 is 0.714 bits per heavy atom. The molecule has 1 aromatic heterocycles. The molecule has 2 heterocycles. The van der Waals surface area contributed by atoms with Crippen molar-refractivity contribution in [2.24, 2.45) is 5.41 Å². The maximum atomic E-state index is 5.15. The molecule has 4 heteroatoms. The van der Waals surface area contributed by atoms with Crippen LogP contribution in [0.1, 0.15) is 40.3 Å². The minimum atomic E-state index is -0.0996. The predicted octanol–water partition coefficient (Wildman–Crippen LogP) is 6.05. The minimum absolute atomic E-state index is 0.0746. The summed E-state index contributed by atoms with van der Waals surface area (Å²) in [6, 6.07) is 20.8. The van der Waals surface area contributed by atoms with E-state index in [2.05, 4.69) is 92.9 Å². The zero-order valence-corrected chi connectivity index (χ0v) is 17.3. The third kappa shape index (κ3) is 3.03. The van der Waals surface area contributed by atoms with E-state index in [0.717, 1.165) is 28.7 Å². The number of aromatic nitrogens is 2. The Kier molecular flexibility index (Phi) is 4.37. The van der Waals surface area contributed by atoms with Crippen molar-refractivity contribution in [3.63, 3.8) is 0 Å². The summed E-state index contributed by atoms with van der Waals surface area (Å²) in [5, 5.41) is 0. The van der Waals surface area contributed by atoms with Crippen molar-refractivity contribution in [1.82, 2.24) is 9.97 Å². The van der Waals surface area contributed by atoms with E-state index in [9.17, 15) is 0 Å². The van der Waals surface area contributed by atoms with Gasteiger partial charge < -0.3 is 9.80 Å². The molecule has 0 aliphatic carbocycles.